The van der Waals surface area contributed by atoms with E-state index in [2.05, 4.69) is 9.97 Å². The Morgan fingerprint density at radius 1 is 1.47 bits per heavy atom. The Morgan fingerprint density at radius 3 is 2.73 bits per heavy atom. The van der Waals surface area contributed by atoms with E-state index in [-0.39, 0.29) is 6.10 Å². The van der Waals surface area contributed by atoms with Crippen molar-refractivity contribution < 1.29 is 9.47 Å². The van der Waals surface area contributed by atoms with E-state index in [1.54, 1.807) is 20.4 Å². The first kappa shape index (κ1) is 12.4. The zero-order valence-corrected chi connectivity index (χ0v) is 9.91. The molecule has 5 heteroatoms. The Hall–Kier alpha value is -0.710. The molecule has 1 aromatic heterocycles. The molecular formula is C10H15ClN2O2. The van der Waals surface area contributed by atoms with Gasteiger partial charge in [0.15, 0.2) is 5.82 Å². The first-order chi connectivity index (χ1) is 7.19. The minimum Gasteiger partial charge on any atom is -0.384 e. The quantitative estimate of drug-likeness (QED) is 0.726. The first-order valence-corrected chi connectivity index (χ1v) is 5.10. The van der Waals surface area contributed by atoms with Crippen molar-refractivity contribution in [1.82, 2.24) is 9.97 Å². The normalized spacial score (nSPS) is 12.8. The van der Waals surface area contributed by atoms with Gasteiger partial charge in [-0.3, -0.25) is 0 Å². The highest BCUT2D eigenvalue weighted by molar-refractivity contribution is 6.30. The summed E-state index contributed by atoms with van der Waals surface area (Å²) < 4.78 is 10.1. The summed E-state index contributed by atoms with van der Waals surface area (Å²) in [5.74, 6) is 0.601. The van der Waals surface area contributed by atoms with Crippen LogP contribution in [-0.4, -0.2) is 30.8 Å². The van der Waals surface area contributed by atoms with Crippen LogP contribution in [0.4, 0.5) is 0 Å². The van der Waals surface area contributed by atoms with Crippen molar-refractivity contribution in [2.75, 3.05) is 20.8 Å². The lowest BCUT2D eigenvalue weighted by atomic mass is 10.2. The Morgan fingerprint density at radius 2 is 2.20 bits per heavy atom. The molecule has 0 aliphatic rings. The number of aromatic nitrogens is 2. The largest absolute Gasteiger partial charge is 0.384 e. The van der Waals surface area contributed by atoms with Gasteiger partial charge in [-0.25, -0.2) is 9.97 Å². The van der Waals surface area contributed by atoms with Gasteiger partial charge in [0.2, 0.25) is 0 Å². The van der Waals surface area contributed by atoms with E-state index in [0.717, 1.165) is 12.0 Å². The van der Waals surface area contributed by atoms with Crippen molar-refractivity contribution in [3.8, 4) is 0 Å². The molecule has 1 atom stereocenters. The zero-order valence-electron chi connectivity index (χ0n) is 9.16. The summed E-state index contributed by atoms with van der Waals surface area (Å²) in [5.41, 5.74) is 0.894. The topological polar surface area (TPSA) is 44.2 Å². The molecule has 4 nitrogen and oxygen atoms in total. The fraction of sp³-hybridized carbons (Fsp3) is 0.600. The van der Waals surface area contributed by atoms with Crippen LogP contribution in [0, 0.1) is 0 Å². The molecule has 0 amide bonds. The van der Waals surface area contributed by atoms with Crippen molar-refractivity contribution in [2.45, 2.75) is 19.4 Å². The average molecular weight is 231 g/mol. The van der Waals surface area contributed by atoms with E-state index in [1.165, 1.54) is 0 Å². The fourth-order valence-corrected chi connectivity index (χ4v) is 1.31. The van der Waals surface area contributed by atoms with E-state index in [0.29, 0.717) is 17.6 Å². The number of rotatable bonds is 5. The highest BCUT2D eigenvalue weighted by Crippen LogP contribution is 2.17. The van der Waals surface area contributed by atoms with E-state index in [1.807, 2.05) is 6.92 Å². The van der Waals surface area contributed by atoms with Crippen LogP contribution in [0.1, 0.15) is 24.4 Å². The molecule has 0 unspecified atom stereocenters. The maximum atomic E-state index is 6.00. The third-order valence-corrected chi connectivity index (χ3v) is 2.45. The van der Waals surface area contributed by atoms with Crippen molar-refractivity contribution in [2.24, 2.45) is 0 Å². The molecule has 1 heterocycles. The Bertz CT molecular complexity index is 320. The standard InChI is InChI=1S/C10H15ClN2O2/c1-7(15-3)10-12-6-8(4-5-14-2)9(11)13-10/h6-7H,4-5H2,1-3H3/t7-/m0/s1. The van der Waals surface area contributed by atoms with Gasteiger partial charge in [-0.05, 0) is 6.92 Å². The molecule has 0 N–H and O–H groups in total. The lowest BCUT2D eigenvalue weighted by molar-refractivity contribution is 0.112. The maximum Gasteiger partial charge on any atom is 0.158 e. The molecule has 1 rings (SSSR count). The SMILES string of the molecule is COCCc1cnc([C@H](C)OC)nc1Cl. The number of halogens is 1. The molecule has 0 aromatic carbocycles. The smallest absolute Gasteiger partial charge is 0.158 e. The number of nitrogens with zero attached hydrogens (tertiary/aromatic N) is 2. The van der Waals surface area contributed by atoms with Crippen LogP contribution in [0.15, 0.2) is 6.20 Å². The lowest BCUT2D eigenvalue weighted by Gasteiger charge is -2.09. The maximum absolute atomic E-state index is 6.00. The predicted octanol–water partition coefficient (Wildman–Crippen LogP) is 2.03. The van der Waals surface area contributed by atoms with Crippen LogP contribution in [0.5, 0.6) is 0 Å². The minimum atomic E-state index is -0.140. The van der Waals surface area contributed by atoms with Gasteiger partial charge in [-0.1, -0.05) is 11.6 Å². The van der Waals surface area contributed by atoms with Gasteiger partial charge < -0.3 is 9.47 Å². The molecule has 0 spiro atoms. The Labute approximate surface area is 94.6 Å². The van der Waals surface area contributed by atoms with Crippen LogP contribution in [0.25, 0.3) is 0 Å². The van der Waals surface area contributed by atoms with Gasteiger partial charge in [0.1, 0.15) is 11.3 Å². The summed E-state index contributed by atoms with van der Waals surface area (Å²) in [6, 6.07) is 0. The highest BCUT2D eigenvalue weighted by Gasteiger charge is 2.10. The Kier molecular flexibility index (Phi) is 4.94. The number of methoxy groups -OCH3 is 2. The summed E-state index contributed by atoms with van der Waals surface area (Å²) in [6.45, 7) is 2.49. The Balaban J connectivity index is 2.78. The summed E-state index contributed by atoms with van der Waals surface area (Å²) in [6.07, 6.45) is 2.30. The predicted molar refractivity (Wildman–Crippen MR) is 58.0 cm³/mol. The third kappa shape index (κ3) is 3.41. The molecule has 0 saturated heterocycles. The molecule has 0 bridgehead atoms. The first-order valence-electron chi connectivity index (χ1n) is 4.72. The molecule has 0 radical (unpaired) electrons. The minimum absolute atomic E-state index is 0.140. The van der Waals surface area contributed by atoms with Crippen LogP contribution < -0.4 is 0 Å². The third-order valence-electron chi connectivity index (χ3n) is 2.12. The van der Waals surface area contributed by atoms with Crippen molar-refractivity contribution in [3.63, 3.8) is 0 Å². The van der Waals surface area contributed by atoms with Gasteiger partial charge >= 0.3 is 0 Å². The molecule has 1 aromatic rings. The van der Waals surface area contributed by atoms with Crippen LogP contribution in [0.3, 0.4) is 0 Å². The monoisotopic (exact) mass is 230 g/mol. The van der Waals surface area contributed by atoms with Crippen LogP contribution >= 0.6 is 11.6 Å². The second-order valence-electron chi connectivity index (χ2n) is 3.16. The zero-order chi connectivity index (χ0) is 11.3. The molecule has 0 fully saturated rings. The molecule has 15 heavy (non-hydrogen) atoms. The summed E-state index contributed by atoms with van der Waals surface area (Å²) in [5, 5.41) is 0.473. The van der Waals surface area contributed by atoms with Crippen LogP contribution in [-0.2, 0) is 15.9 Å². The van der Waals surface area contributed by atoms with E-state index < -0.39 is 0 Å². The van der Waals surface area contributed by atoms with Gasteiger partial charge in [-0.15, -0.1) is 0 Å². The van der Waals surface area contributed by atoms with Crippen LogP contribution in [0.2, 0.25) is 5.15 Å². The summed E-state index contributed by atoms with van der Waals surface area (Å²) >= 11 is 6.00. The average Bonchev–Trinajstić information content (AvgIpc) is 2.26. The van der Waals surface area contributed by atoms with Gasteiger partial charge in [-0.2, -0.15) is 0 Å². The summed E-state index contributed by atoms with van der Waals surface area (Å²) in [4.78, 5) is 8.36. The number of hydrogen-bond donors (Lipinski definition) is 0. The summed E-state index contributed by atoms with van der Waals surface area (Å²) in [7, 11) is 3.26. The van der Waals surface area contributed by atoms with Crippen molar-refractivity contribution >= 4 is 11.6 Å². The molecule has 0 saturated carbocycles. The van der Waals surface area contributed by atoms with Gasteiger partial charge in [0.05, 0.1) is 6.61 Å². The molecular weight excluding hydrogens is 216 g/mol. The van der Waals surface area contributed by atoms with Gasteiger partial charge in [0.25, 0.3) is 0 Å². The van der Waals surface area contributed by atoms with Gasteiger partial charge in [0, 0.05) is 32.4 Å². The number of hydrogen-bond acceptors (Lipinski definition) is 4. The highest BCUT2D eigenvalue weighted by atomic mass is 35.5. The second-order valence-corrected chi connectivity index (χ2v) is 3.52. The second kappa shape index (κ2) is 6.00. The number of ether oxygens (including phenoxy) is 2. The lowest BCUT2D eigenvalue weighted by Crippen LogP contribution is -2.05. The van der Waals surface area contributed by atoms with E-state index >= 15 is 0 Å². The molecule has 84 valence electrons. The fourth-order valence-electron chi connectivity index (χ4n) is 1.08. The van der Waals surface area contributed by atoms with E-state index in [9.17, 15) is 0 Å². The molecule has 0 aliphatic heterocycles. The van der Waals surface area contributed by atoms with E-state index in [4.69, 9.17) is 21.1 Å². The molecule has 0 aliphatic carbocycles. The van der Waals surface area contributed by atoms with Crippen molar-refractivity contribution in [1.29, 1.82) is 0 Å². The van der Waals surface area contributed by atoms with Crippen molar-refractivity contribution in [3.05, 3.63) is 22.7 Å².